The SMILES string of the molecule is CCn1cc(C(=O)NCCc2nc(-c3ccccc3)n[nH]2)cn1. The molecular weight excluding hydrogens is 292 g/mol. The number of benzene rings is 1. The van der Waals surface area contributed by atoms with Crippen LogP contribution < -0.4 is 5.32 Å². The normalized spacial score (nSPS) is 10.7. The molecule has 0 spiro atoms. The Morgan fingerprint density at radius 2 is 2.13 bits per heavy atom. The second kappa shape index (κ2) is 6.87. The lowest BCUT2D eigenvalue weighted by Gasteiger charge is -2.01. The fraction of sp³-hybridized carbons (Fsp3) is 0.250. The highest BCUT2D eigenvalue weighted by Gasteiger charge is 2.09. The zero-order valence-electron chi connectivity index (χ0n) is 12.9. The highest BCUT2D eigenvalue weighted by molar-refractivity contribution is 5.93. The number of carbonyl (C=O) groups excluding carboxylic acids is 1. The second-order valence-electron chi connectivity index (χ2n) is 5.06. The van der Waals surface area contributed by atoms with E-state index in [4.69, 9.17) is 0 Å². The molecule has 2 heterocycles. The molecule has 0 radical (unpaired) electrons. The van der Waals surface area contributed by atoms with Gasteiger partial charge in [-0.3, -0.25) is 14.6 Å². The summed E-state index contributed by atoms with van der Waals surface area (Å²) in [5.74, 6) is 1.28. The predicted molar refractivity (Wildman–Crippen MR) is 85.8 cm³/mol. The lowest BCUT2D eigenvalue weighted by molar-refractivity contribution is 0.0954. The summed E-state index contributed by atoms with van der Waals surface area (Å²) in [6.07, 6.45) is 3.89. The summed E-state index contributed by atoms with van der Waals surface area (Å²) in [7, 11) is 0. The average Bonchev–Trinajstić information content (AvgIpc) is 3.25. The highest BCUT2D eigenvalue weighted by atomic mass is 16.1. The third-order valence-corrected chi connectivity index (χ3v) is 3.43. The van der Waals surface area contributed by atoms with E-state index < -0.39 is 0 Å². The van der Waals surface area contributed by atoms with Gasteiger partial charge >= 0.3 is 0 Å². The second-order valence-corrected chi connectivity index (χ2v) is 5.06. The third-order valence-electron chi connectivity index (χ3n) is 3.43. The first-order valence-electron chi connectivity index (χ1n) is 7.53. The molecule has 118 valence electrons. The number of nitrogens with one attached hydrogen (secondary N) is 2. The number of H-pyrrole nitrogens is 1. The van der Waals surface area contributed by atoms with Gasteiger partial charge < -0.3 is 5.32 Å². The van der Waals surface area contributed by atoms with E-state index in [9.17, 15) is 4.79 Å². The van der Waals surface area contributed by atoms with Crippen molar-refractivity contribution in [2.24, 2.45) is 0 Å². The number of aromatic nitrogens is 5. The van der Waals surface area contributed by atoms with Crippen molar-refractivity contribution in [2.45, 2.75) is 19.9 Å². The zero-order valence-corrected chi connectivity index (χ0v) is 12.9. The van der Waals surface area contributed by atoms with Crippen LogP contribution in [0.5, 0.6) is 0 Å². The van der Waals surface area contributed by atoms with Crippen LogP contribution in [0.4, 0.5) is 0 Å². The number of aryl methyl sites for hydroxylation is 1. The summed E-state index contributed by atoms with van der Waals surface area (Å²) in [6.45, 7) is 3.20. The Bertz CT molecular complexity index is 777. The number of nitrogens with zero attached hydrogens (tertiary/aromatic N) is 4. The Hall–Kier alpha value is -2.96. The van der Waals surface area contributed by atoms with E-state index in [1.54, 1.807) is 17.1 Å². The van der Waals surface area contributed by atoms with Crippen molar-refractivity contribution in [3.05, 3.63) is 54.1 Å². The maximum absolute atomic E-state index is 12.0. The van der Waals surface area contributed by atoms with Crippen LogP contribution in [0.2, 0.25) is 0 Å². The summed E-state index contributed by atoms with van der Waals surface area (Å²) in [5, 5.41) is 14.0. The number of hydrogen-bond donors (Lipinski definition) is 2. The molecule has 7 heteroatoms. The molecule has 0 aliphatic carbocycles. The molecule has 2 aromatic heterocycles. The monoisotopic (exact) mass is 310 g/mol. The van der Waals surface area contributed by atoms with E-state index in [-0.39, 0.29) is 5.91 Å². The van der Waals surface area contributed by atoms with E-state index >= 15 is 0 Å². The van der Waals surface area contributed by atoms with E-state index in [1.807, 2.05) is 37.3 Å². The first kappa shape index (κ1) is 15.0. The molecule has 7 nitrogen and oxygen atoms in total. The van der Waals surface area contributed by atoms with E-state index in [2.05, 4.69) is 25.6 Å². The standard InChI is InChI=1S/C16H18N6O/c1-2-22-11-13(10-18-22)16(23)17-9-8-14-19-15(21-20-14)12-6-4-3-5-7-12/h3-7,10-11H,2,8-9H2,1H3,(H,17,23)(H,19,20,21). The molecule has 0 saturated carbocycles. The molecule has 0 unspecified atom stereocenters. The van der Waals surface area contributed by atoms with Crippen LogP contribution in [0, 0.1) is 0 Å². The fourth-order valence-electron chi connectivity index (χ4n) is 2.17. The quantitative estimate of drug-likeness (QED) is 0.724. The Morgan fingerprint density at radius 3 is 2.87 bits per heavy atom. The van der Waals surface area contributed by atoms with Gasteiger partial charge in [0, 0.05) is 31.3 Å². The number of aromatic amines is 1. The predicted octanol–water partition coefficient (Wildman–Crippen LogP) is 1.66. The van der Waals surface area contributed by atoms with Gasteiger partial charge in [-0.05, 0) is 6.92 Å². The van der Waals surface area contributed by atoms with Crippen LogP contribution in [-0.4, -0.2) is 37.4 Å². The van der Waals surface area contributed by atoms with Gasteiger partial charge in [0.25, 0.3) is 5.91 Å². The van der Waals surface area contributed by atoms with Gasteiger partial charge in [0.2, 0.25) is 0 Å². The Balaban J connectivity index is 1.53. The molecule has 0 fully saturated rings. The van der Waals surface area contributed by atoms with Crippen molar-refractivity contribution in [1.29, 1.82) is 0 Å². The summed E-state index contributed by atoms with van der Waals surface area (Å²) in [4.78, 5) is 16.4. The molecule has 23 heavy (non-hydrogen) atoms. The minimum absolute atomic E-state index is 0.132. The van der Waals surface area contributed by atoms with Crippen molar-refractivity contribution >= 4 is 5.91 Å². The first-order valence-corrected chi connectivity index (χ1v) is 7.53. The van der Waals surface area contributed by atoms with E-state index in [0.717, 1.165) is 17.9 Å². The van der Waals surface area contributed by atoms with Gasteiger partial charge in [0.15, 0.2) is 5.82 Å². The van der Waals surface area contributed by atoms with Gasteiger partial charge in [0.1, 0.15) is 5.82 Å². The molecular formula is C16H18N6O. The minimum Gasteiger partial charge on any atom is -0.351 e. The van der Waals surface area contributed by atoms with Crippen molar-refractivity contribution in [1.82, 2.24) is 30.3 Å². The highest BCUT2D eigenvalue weighted by Crippen LogP contribution is 2.13. The molecule has 0 bridgehead atoms. The summed E-state index contributed by atoms with van der Waals surface area (Å²) in [5.41, 5.74) is 1.53. The van der Waals surface area contributed by atoms with Crippen molar-refractivity contribution < 1.29 is 4.79 Å². The summed E-state index contributed by atoms with van der Waals surface area (Å²) in [6, 6.07) is 9.76. The summed E-state index contributed by atoms with van der Waals surface area (Å²) >= 11 is 0. The number of hydrogen-bond acceptors (Lipinski definition) is 4. The maximum atomic E-state index is 12.0. The van der Waals surface area contributed by atoms with Gasteiger partial charge in [-0.25, -0.2) is 4.98 Å². The van der Waals surface area contributed by atoms with E-state index in [0.29, 0.717) is 24.4 Å². The fourth-order valence-corrected chi connectivity index (χ4v) is 2.17. The van der Waals surface area contributed by atoms with Crippen LogP contribution in [0.3, 0.4) is 0 Å². The molecule has 2 N–H and O–H groups in total. The van der Waals surface area contributed by atoms with Crippen molar-refractivity contribution in [3.8, 4) is 11.4 Å². The summed E-state index contributed by atoms with van der Waals surface area (Å²) < 4.78 is 1.72. The third kappa shape index (κ3) is 3.63. The first-order chi connectivity index (χ1) is 11.3. The van der Waals surface area contributed by atoms with Crippen LogP contribution in [-0.2, 0) is 13.0 Å². The average molecular weight is 310 g/mol. The van der Waals surface area contributed by atoms with Crippen molar-refractivity contribution in [2.75, 3.05) is 6.54 Å². The maximum Gasteiger partial charge on any atom is 0.254 e. The minimum atomic E-state index is -0.132. The van der Waals surface area contributed by atoms with Crippen molar-refractivity contribution in [3.63, 3.8) is 0 Å². The van der Waals surface area contributed by atoms with Crippen LogP contribution >= 0.6 is 0 Å². The smallest absolute Gasteiger partial charge is 0.254 e. The number of carbonyl (C=O) groups is 1. The Labute approximate surface area is 133 Å². The molecule has 0 saturated heterocycles. The number of rotatable bonds is 6. The van der Waals surface area contributed by atoms with Gasteiger partial charge in [-0.15, -0.1) is 0 Å². The van der Waals surface area contributed by atoms with E-state index in [1.165, 1.54) is 0 Å². The molecule has 1 aromatic carbocycles. The lowest BCUT2D eigenvalue weighted by Crippen LogP contribution is -2.25. The van der Waals surface area contributed by atoms with Crippen LogP contribution in [0.25, 0.3) is 11.4 Å². The molecule has 0 aliphatic rings. The Kier molecular flexibility index (Phi) is 4.46. The van der Waals surface area contributed by atoms with Gasteiger partial charge in [0.05, 0.1) is 11.8 Å². The Morgan fingerprint density at radius 1 is 1.30 bits per heavy atom. The molecule has 0 aliphatic heterocycles. The molecule has 0 atom stereocenters. The lowest BCUT2D eigenvalue weighted by atomic mass is 10.2. The molecule has 3 rings (SSSR count). The molecule has 3 aromatic rings. The number of amides is 1. The topological polar surface area (TPSA) is 88.5 Å². The largest absolute Gasteiger partial charge is 0.351 e. The zero-order chi connectivity index (χ0) is 16.1. The molecule has 1 amide bonds. The van der Waals surface area contributed by atoms with Crippen LogP contribution in [0.15, 0.2) is 42.7 Å². The van der Waals surface area contributed by atoms with Crippen LogP contribution in [0.1, 0.15) is 23.1 Å². The van der Waals surface area contributed by atoms with Gasteiger partial charge in [-0.1, -0.05) is 30.3 Å². The van der Waals surface area contributed by atoms with Gasteiger partial charge in [-0.2, -0.15) is 10.2 Å².